The molecule has 2 rings (SSSR count). The molecule has 0 atom stereocenters. The Kier molecular flexibility index (Phi) is 7.59. The zero-order valence-corrected chi connectivity index (χ0v) is 15.1. The third-order valence-electron chi connectivity index (χ3n) is 4.44. The summed E-state index contributed by atoms with van der Waals surface area (Å²) in [6.07, 6.45) is 1.52. The van der Waals surface area contributed by atoms with Gasteiger partial charge in [-0.3, -0.25) is 14.5 Å². The van der Waals surface area contributed by atoms with Gasteiger partial charge >= 0.3 is 0 Å². The number of nitrogens with one attached hydrogen (secondary N) is 1. The number of primary amides is 1. The molecule has 24 heavy (non-hydrogen) atoms. The van der Waals surface area contributed by atoms with Crippen molar-refractivity contribution in [2.75, 3.05) is 31.9 Å². The lowest BCUT2D eigenvalue weighted by molar-refractivity contribution is -0.124. The SMILES string of the molecule is Cc1ccccc1CSCCNC(=O)CN1CCC(C(N)=O)CC1. The van der Waals surface area contributed by atoms with Crippen molar-refractivity contribution in [1.29, 1.82) is 0 Å². The number of rotatable bonds is 8. The van der Waals surface area contributed by atoms with Crippen LogP contribution in [0.1, 0.15) is 24.0 Å². The Morgan fingerprint density at radius 1 is 1.29 bits per heavy atom. The minimum Gasteiger partial charge on any atom is -0.369 e. The van der Waals surface area contributed by atoms with Crippen LogP contribution in [0.2, 0.25) is 0 Å². The molecule has 1 aromatic carbocycles. The minimum absolute atomic E-state index is 0.0258. The van der Waals surface area contributed by atoms with Crippen molar-refractivity contribution in [2.24, 2.45) is 11.7 Å². The molecule has 0 aromatic heterocycles. The molecule has 6 heteroatoms. The molecule has 0 spiro atoms. The maximum Gasteiger partial charge on any atom is 0.234 e. The smallest absolute Gasteiger partial charge is 0.234 e. The number of benzene rings is 1. The lowest BCUT2D eigenvalue weighted by Gasteiger charge is -2.29. The Morgan fingerprint density at radius 3 is 2.67 bits per heavy atom. The van der Waals surface area contributed by atoms with E-state index in [1.165, 1.54) is 11.1 Å². The van der Waals surface area contributed by atoms with Gasteiger partial charge in [-0.1, -0.05) is 24.3 Å². The van der Waals surface area contributed by atoms with E-state index in [-0.39, 0.29) is 17.7 Å². The van der Waals surface area contributed by atoms with Crippen molar-refractivity contribution in [1.82, 2.24) is 10.2 Å². The minimum atomic E-state index is -0.218. The fraction of sp³-hybridized carbons (Fsp3) is 0.556. The third kappa shape index (κ3) is 6.17. The number of carbonyl (C=O) groups is 2. The van der Waals surface area contributed by atoms with Gasteiger partial charge in [0.2, 0.25) is 11.8 Å². The number of likely N-dealkylation sites (tertiary alicyclic amines) is 1. The Hall–Kier alpha value is -1.53. The van der Waals surface area contributed by atoms with Gasteiger partial charge in [-0.15, -0.1) is 0 Å². The fourth-order valence-corrected chi connectivity index (χ4v) is 3.79. The topological polar surface area (TPSA) is 75.4 Å². The second-order valence-electron chi connectivity index (χ2n) is 6.28. The van der Waals surface area contributed by atoms with Crippen LogP contribution in [-0.2, 0) is 15.3 Å². The molecule has 1 aliphatic heterocycles. The number of hydrogen-bond donors (Lipinski definition) is 2. The summed E-state index contributed by atoms with van der Waals surface area (Å²) in [7, 11) is 0. The van der Waals surface area contributed by atoms with Crippen molar-refractivity contribution in [2.45, 2.75) is 25.5 Å². The Labute approximate surface area is 148 Å². The second-order valence-corrected chi connectivity index (χ2v) is 7.39. The largest absolute Gasteiger partial charge is 0.369 e. The maximum atomic E-state index is 12.0. The first kappa shape index (κ1) is 18.8. The normalized spacial score (nSPS) is 16.0. The summed E-state index contributed by atoms with van der Waals surface area (Å²) in [6.45, 7) is 4.76. The Balaban J connectivity index is 1.56. The van der Waals surface area contributed by atoms with Crippen molar-refractivity contribution in [3.63, 3.8) is 0 Å². The van der Waals surface area contributed by atoms with Crippen LogP contribution in [0.15, 0.2) is 24.3 Å². The summed E-state index contributed by atoms with van der Waals surface area (Å²) in [5, 5.41) is 2.97. The van der Waals surface area contributed by atoms with E-state index in [0.29, 0.717) is 13.1 Å². The molecule has 132 valence electrons. The summed E-state index contributed by atoms with van der Waals surface area (Å²) in [4.78, 5) is 25.2. The summed E-state index contributed by atoms with van der Waals surface area (Å²) >= 11 is 1.83. The van der Waals surface area contributed by atoms with E-state index in [4.69, 9.17) is 5.73 Å². The van der Waals surface area contributed by atoms with Crippen LogP contribution in [-0.4, -0.2) is 48.6 Å². The van der Waals surface area contributed by atoms with Crippen LogP contribution >= 0.6 is 11.8 Å². The molecule has 0 bridgehead atoms. The van der Waals surface area contributed by atoms with Gasteiger partial charge in [0.25, 0.3) is 0 Å². The van der Waals surface area contributed by atoms with Gasteiger partial charge in [-0.05, 0) is 44.0 Å². The average molecular weight is 350 g/mol. The summed E-state index contributed by atoms with van der Waals surface area (Å²) in [5.41, 5.74) is 7.99. The monoisotopic (exact) mass is 349 g/mol. The molecule has 1 aliphatic rings. The number of aryl methyl sites for hydroxylation is 1. The number of hydrogen-bond acceptors (Lipinski definition) is 4. The van der Waals surface area contributed by atoms with E-state index >= 15 is 0 Å². The Morgan fingerprint density at radius 2 is 2.00 bits per heavy atom. The van der Waals surface area contributed by atoms with Gasteiger partial charge in [-0.25, -0.2) is 0 Å². The zero-order valence-electron chi connectivity index (χ0n) is 14.3. The highest BCUT2D eigenvalue weighted by atomic mass is 32.2. The second kappa shape index (κ2) is 9.69. The van der Waals surface area contributed by atoms with E-state index in [0.717, 1.165) is 37.4 Å². The van der Waals surface area contributed by atoms with Gasteiger partial charge in [-0.2, -0.15) is 11.8 Å². The molecule has 1 saturated heterocycles. The van der Waals surface area contributed by atoms with E-state index in [2.05, 4.69) is 41.4 Å². The first-order chi connectivity index (χ1) is 11.6. The molecule has 2 amide bonds. The number of piperidine rings is 1. The van der Waals surface area contributed by atoms with Crippen molar-refractivity contribution < 1.29 is 9.59 Å². The van der Waals surface area contributed by atoms with Crippen LogP contribution < -0.4 is 11.1 Å². The van der Waals surface area contributed by atoms with Crippen molar-refractivity contribution in [3.8, 4) is 0 Å². The van der Waals surface area contributed by atoms with Gasteiger partial charge in [0.05, 0.1) is 6.54 Å². The van der Waals surface area contributed by atoms with Gasteiger partial charge in [0.1, 0.15) is 0 Å². The number of nitrogens with zero attached hydrogens (tertiary/aromatic N) is 1. The molecular weight excluding hydrogens is 322 g/mol. The highest BCUT2D eigenvalue weighted by Crippen LogP contribution is 2.16. The van der Waals surface area contributed by atoms with Crippen LogP contribution in [0, 0.1) is 12.8 Å². The first-order valence-electron chi connectivity index (χ1n) is 8.47. The summed E-state index contributed by atoms with van der Waals surface area (Å²) in [6, 6.07) is 8.39. The molecule has 0 saturated carbocycles. The van der Waals surface area contributed by atoms with Crippen LogP contribution in [0.25, 0.3) is 0 Å². The van der Waals surface area contributed by atoms with E-state index in [9.17, 15) is 9.59 Å². The number of carbonyl (C=O) groups excluding carboxylic acids is 2. The molecule has 0 unspecified atom stereocenters. The van der Waals surface area contributed by atoms with Crippen LogP contribution in [0.5, 0.6) is 0 Å². The molecular formula is C18H27N3O2S. The van der Waals surface area contributed by atoms with Gasteiger partial charge in [0, 0.05) is 24.0 Å². The summed E-state index contributed by atoms with van der Waals surface area (Å²) < 4.78 is 0. The zero-order chi connectivity index (χ0) is 17.4. The molecule has 1 aromatic rings. The van der Waals surface area contributed by atoms with Gasteiger partial charge in [0.15, 0.2) is 0 Å². The lowest BCUT2D eigenvalue weighted by atomic mass is 9.96. The summed E-state index contributed by atoms with van der Waals surface area (Å²) in [5.74, 6) is 1.70. The predicted octanol–water partition coefficient (Wildman–Crippen LogP) is 1.54. The molecule has 0 radical (unpaired) electrons. The quantitative estimate of drug-likeness (QED) is 0.698. The predicted molar refractivity (Wildman–Crippen MR) is 98.7 cm³/mol. The molecule has 1 fully saturated rings. The molecule has 1 heterocycles. The Bertz CT molecular complexity index is 557. The van der Waals surface area contributed by atoms with Crippen molar-refractivity contribution in [3.05, 3.63) is 35.4 Å². The number of nitrogens with two attached hydrogens (primary N) is 1. The van der Waals surface area contributed by atoms with Crippen LogP contribution in [0.3, 0.4) is 0 Å². The third-order valence-corrected chi connectivity index (χ3v) is 5.45. The average Bonchev–Trinajstić information content (AvgIpc) is 2.56. The van der Waals surface area contributed by atoms with E-state index < -0.39 is 0 Å². The van der Waals surface area contributed by atoms with Crippen LogP contribution in [0.4, 0.5) is 0 Å². The van der Waals surface area contributed by atoms with Crippen molar-refractivity contribution >= 4 is 23.6 Å². The molecule has 3 N–H and O–H groups in total. The highest BCUT2D eigenvalue weighted by molar-refractivity contribution is 7.98. The fourth-order valence-electron chi connectivity index (χ4n) is 2.85. The maximum absolute atomic E-state index is 12.0. The number of amides is 2. The molecule has 0 aliphatic carbocycles. The molecule has 5 nitrogen and oxygen atoms in total. The number of thioether (sulfide) groups is 1. The first-order valence-corrected chi connectivity index (χ1v) is 9.62. The van der Waals surface area contributed by atoms with E-state index in [1.54, 1.807) is 0 Å². The van der Waals surface area contributed by atoms with E-state index in [1.807, 2.05) is 11.8 Å². The highest BCUT2D eigenvalue weighted by Gasteiger charge is 2.23. The standard InChI is InChI=1S/C18H27N3O2S/c1-14-4-2-3-5-16(14)13-24-11-8-20-17(22)12-21-9-6-15(7-10-21)18(19)23/h2-5,15H,6-13H2,1H3,(H2,19,23)(H,20,22). The van der Waals surface area contributed by atoms with Gasteiger partial charge < -0.3 is 11.1 Å². The lowest BCUT2D eigenvalue weighted by Crippen LogP contribution is -2.43.